The maximum absolute atomic E-state index is 13.6. The van der Waals surface area contributed by atoms with Gasteiger partial charge in [-0.25, -0.2) is 9.37 Å². The van der Waals surface area contributed by atoms with Crippen molar-refractivity contribution >= 4 is 17.5 Å². The van der Waals surface area contributed by atoms with E-state index in [9.17, 15) is 22.4 Å². The molecule has 1 amide bonds. The van der Waals surface area contributed by atoms with Crippen LogP contribution in [-0.4, -0.2) is 28.9 Å². The number of pyridine rings is 1. The molecular formula is C22H24ClF4N3O. The van der Waals surface area contributed by atoms with Gasteiger partial charge in [0.25, 0.3) is 5.91 Å². The van der Waals surface area contributed by atoms with Crippen LogP contribution in [0.5, 0.6) is 0 Å². The topological polar surface area (TPSA) is 45.2 Å². The van der Waals surface area contributed by atoms with Crippen molar-refractivity contribution in [2.45, 2.75) is 46.0 Å². The van der Waals surface area contributed by atoms with E-state index in [0.29, 0.717) is 43.7 Å². The smallest absolute Gasteiger partial charge is 0.351 e. The van der Waals surface area contributed by atoms with Crippen molar-refractivity contribution in [2.75, 3.05) is 13.1 Å². The molecule has 3 rings (SSSR count). The molecule has 0 fully saturated rings. The van der Waals surface area contributed by atoms with Crippen molar-refractivity contribution in [1.29, 1.82) is 0 Å². The minimum Gasteiger partial charge on any atom is -0.351 e. The van der Waals surface area contributed by atoms with Crippen LogP contribution in [0.1, 0.15) is 53.1 Å². The van der Waals surface area contributed by atoms with Crippen LogP contribution in [0.15, 0.2) is 24.3 Å². The molecule has 9 heteroatoms. The van der Waals surface area contributed by atoms with E-state index in [1.165, 1.54) is 0 Å². The van der Waals surface area contributed by atoms with E-state index < -0.39 is 17.6 Å². The predicted molar refractivity (Wildman–Crippen MR) is 110 cm³/mol. The van der Waals surface area contributed by atoms with Crippen LogP contribution in [0.25, 0.3) is 0 Å². The molecule has 0 saturated carbocycles. The number of rotatable bonds is 6. The fourth-order valence-electron chi connectivity index (χ4n) is 3.52. The second-order valence-electron chi connectivity index (χ2n) is 8.12. The van der Waals surface area contributed by atoms with Crippen LogP contribution in [-0.2, 0) is 25.7 Å². The second-order valence-corrected chi connectivity index (χ2v) is 8.53. The zero-order valence-corrected chi connectivity index (χ0v) is 18.1. The van der Waals surface area contributed by atoms with E-state index >= 15 is 0 Å². The second kappa shape index (κ2) is 9.53. The summed E-state index contributed by atoms with van der Waals surface area (Å²) >= 11 is 5.73. The van der Waals surface area contributed by atoms with E-state index in [1.54, 1.807) is 12.1 Å². The molecule has 0 radical (unpaired) electrons. The average molecular weight is 458 g/mol. The van der Waals surface area contributed by atoms with Crippen molar-refractivity contribution in [3.05, 3.63) is 63.2 Å². The van der Waals surface area contributed by atoms with E-state index in [2.05, 4.69) is 24.1 Å². The van der Waals surface area contributed by atoms with E-state index in [4.69, 9.17) is 11.6 Å². The summed E-state index contributed by atoms with van der Waals surface area (Å²) in [6, 6.07) is 4.90. The summed E-state index contributed by atoms with van der Waals surface area (Å²) < 4.78 is 53.6. The highest BCUT2D eigenvalue weighted by Crippen LogP contribution is 2.35. The van der Waals surface area contributed by atoms with Crippen molar-refractivity contribution in [1.82, 2.24) is 15.2 Å². The first-order chi connectivity index (χ1) is 14.5. The monoisotopic (exact) mass is 457 g/mol. The molecule has 0 spiro atoms. The lowest BCUT2D eigenvalue weighted by Crippen LogP contribution is -2.32. The van der Waals surface area contributed by atoms with Crippen LogP contribution < -0.4 is 5.32 Å². The lowest BCUT2D eigenvalue weighted by molar-refractivity contribution is -0.138. The Morgan fingerprint density at radius 3 is 2.71 bits per heavy atom. The van der Waals surface area contributed by atoms with Gasteiger partial charge in [-0.05, 0) is 41.7 Å². The van der Waals surface area contributed by atoms with Gasteiger partial charge in [-0.2, -0.15) is 13.2 Å². The zero-order chi connectivity index (χ0) is 22.8. The number of halogens is 5. The highest BCUT2D eigenvalue weighted by Gasteiger charge is 2.35. The Balaban J connectivity index is 1.71. The number of benzene rings is 1. The maximum Gasteiger partial charge on any atom is 0.416 e. The molecule has 0 atom stereocenters. The number of amides is 1. The summed E-state index contributed by atoms with van der Waals surface area (Å²) in [5.74, 6) is -0.844. The maximum atomic E-state index is 13.6. The number of nitrogens with one attached hydrogen (secondary N) is 1. The number of fused-ring (bicyclic) bond motifs is 1. The minimum atomic E-state index is -4.67. The van der Waals surface area contributed by atoms with Gasteiger partial charge in [-0.1, -0.05) is 31.5 Å². The van der Waals surface area contributed by atoms with Crippen LogP contribution in [0.2, 0.25) is 5.02 Å². The largest absolute Gasteiger partial charge is 0.416 e. The standard InChI is InChI=1S/C22H24ClF4N3O/c1-13(2)5-7-28-21(31)20-4-3-14-11-30(8-6-19(14)29-20)12-15-9-17(23)18(24)10-16(15)22(25,26)27/h3-4,9-10,13H,5-8,11-12H2,1-2H3,(H,28,31). The van der Waals surface area contributed by atoms with Crippen LogP contribution in [0.3, 0.4) is 0 Å². The van der Waals surface area contributed by atoms with Gasteiger partial charge in [-0.3, -0.25) is 9.69 Å². The van der Waals surface area contributed by atoms with Gasteiger partial charge in [-0.15, -0.1) is 0 Å². The van der Waals surface area contributed by atoms with Gasteiger partial charge < -0.3 is 5.32 Å². The van der Waals surface area contributed by atoms with Crippen LogP contribution in [0.4, 0.5) is 17.6 Å². The van der Waals surface area contributed by atoms with Gasteiger partial charge in [0, 0.05) is 38.3 Å². The first-order valence-electron chi connectivity index (χ1n) is 10.1. The molecule has 31 heavy (non-hydrogen) atoms. The third-order valence-corrected chi connectivity index (χ3v) is 5.50. The molecule has 1 aliphatic heterocycles. The van der Waals surface area contributed by atoms with Crippen LogP contribution in [0, 0.1) is 11.7 Å². The fourth-order valence-corrected chi connectivity index (χ4v) is 3.71. The lowest BCUT2D eigenvalue weighted by Gasteiger charge is -2.29. The summed E-state index contributed by atoms with van der Waals surface area (Å²) in [6.45, 7) is 5.55. The van der Waals surface area contributed by atoms with Gasteiger partial charge in [0.1, 0.15) is 11.5 Å². The quantitative estimate of drug-likeness (QED) is 0.604. The number of hydrogen-bond acceptors (Lipinski definition) is 3. The van der Waals surface area contributed by atoms with Gasteiger partial charge in [0.15, 0.2) is 0 Å². The molecule has 168 valence electrons. The van der Waals surface area contributed by atoms with Crippen molar-refractivity contribution in [2.24, 2.45) is 5.92 Å². The Labute approximate surface area is 183 Å². The molecule has 2 aromatic rings. The molecule has 1 aromatic heterocycles. The molecule has 1 N–H and O–H groups in total. The Hall–Kier alpha value is -2.19. The van der Waals surface area contributed by atoms with E-state index in [0.717, 1.165) is 23.7 Å². The number of nitrogens with zero attached hydrogens (tertiary/aromatic N) is 2. The van der Waals surface area contributed by atoms with E-state index in [1.807, 2.05) is 4.90 Å². The Bertz CT molecular complexity index is 963. The number of hydrogen-bond donors (Lipinski definition) is 1. The molecule has 1 aromatic carbocycles. The highest BCUT2D eigenvalue weighted by atomic mass is 35.5. The Kier molecular flexibility index (Phi) is 7.21. The third kappa shape index (κ3) is 5.95. The molecule has 0 saturated heterocycles. The van der Waals surface area contributed by atoms with Crippen molar-refractivity contribution < 1.29 is 22.4 Å². The first-order valence-corrected chi connectivity index (χ1v) is 10.5. The number of alkyl halides is 3. The molecule has 2 heterocycles. The molecule has 0 aliphatic carbocycles. The lowest BCUT2D eigenvalue weighted by atomic mass is 10.0. The van der Waals surface area contributed by atoms with Gasteiger partial charge in [0.2, 0.25) is 0 Å². The fraction of sp³-hybridized carbons (Fsp3) is 0.455. The minimum absolute atomic E-state index is 0.0221. The molecule has 0 bridgehead atoms. The van der Waals surface area contributed by atoms with Crippen molar-refractivity contribution in [3.8, 4) is 0 Å². The predicted octanol–water partition coefficient (Wildman–Crippen LogP) is 5.23. The summed E-state index contributed by atoms with van der Waals surface area (Å²) in [7, 11) is 0. The normalized spacial score (nSPS) is 14.6. The summed E-state index contributed by atoms with van der Waals surface area (Å²) in [5.41, 5.74) is 0.858. The Morgan fingerprint density at radius 1 is 1.29 bits per heavy atom. The van der Waals surface area contributed by atoms with Crippen LogP contribution >= 0.6 is 11.6 Å². The van der Waals surface area contributed by atoms with E-state index in [-0.39, 0.29) is 23.0 Å². The van der Waals surface area contributed by atoms with Crippen molar-refractivity contribution in [3.63, 3.8) is 0 Å². The molecule has 1 aliphatic rings. The molecular weight excluding hydrogens is 434 g/mol. The number of carbonyl (C=O) groups excluding carboxylic acids is 1. The average Bonchev–Trinajstić information content (AvgIpc) is 2.69. The summed E-state index contributed by atoms with van der Waals surface area (Å²) in [5, 5.41) is 2.51. The summed E-state index contributed by atoms with van der Waals surface area (Å²) in [6.07, 6.45) is -3.30. The third-order valence-electron chi connectivity index (χ3n) is 5.21. The number of carbonyl (C=O) groups is 1. The Morgan fingerprint density at radius 2 is 2.03 bits per heavy atom. The summed E-state index contributed by atoms with van der Waals surface area (Å²) in [4.78, 5) is 18.5. The molecule has 0 unspecified atom stereocenters. The SMILES string of the molecule is CC(C)CCNC(=O)c1ccc2c(n1)CCN(Cc1cc(Cl)c(F)cc1C(F)(F)F)C2. The molecule has 4 nitrogen and oxygen atoms in total. The van der Waals surface area contributed by atoms with Gasteiger partial charge >= 0.3 is 6.18 Å². The first kappa shape index (κ1) is 23.5. The van der Waals surface area contributed by atoms with Gasteiger partial charge in [0.05, 0.1) is 10.6 Å². The highest BCUT2D eigenvalue weighted by molar-refractivity contribution is 6.30. The number of aromatic nitrogens is 1. The zero-order valence-electron chi connectivity index (χ0n) is 17.3.